The number of carbonyl (C=O) groups is 3. The van der Waals surface area contributed by atoms with Crippen LogP contribution in [0.3, 0.4) is 0 Å². The molecule has 2 aromatic carbocycles. The van der Waals surface area contributed by atoms with Crippen LogP contribution in [-0.2, 0) is 20.8 Å². The molecule has 1 atom stereocenters. The summed E-state index contributed by atoms with van der Waals surface area (Å²) in [7, 11) is 0. The summed E-state index contributed by atoms with van der Waals surface area (Å²) in [5, 5.41) is 0.587. The molecule has 1 unspecified atom stereocenters. The van der Waals surface area contributed by atoms with Crippen LogP contribution in [0, 0.1) is 6.92 Å². The number of benzene rings is 2. The highest BCUT2D eigenvalue weighted by atomic mass is 35.5. The molecule has 3 rings (SSSR count). The van der Waals surface area contributed by atoms with Crippen molar-refractivity contribution < 1.29 is 14.4 Å². The second-order valence-electron chi connectivity index (χ2n) is 6.76. The molecule has 1 heterocycles. The van der Waals surface area contributed by atoms with Gasteiger partial charge >= 0.3 is 0 Å². The first-order valence-corrected chi connectivity index (χ1v) is 9.36. The van der Waals surface area contributed by atoms with Gasteiger partial charge in [-0.3, -0.25) is 14.4 Å². The highest BCUT2D eigenvalue weighted by molar-refractivity contribution is 6.30. The van der Waals surface area contributed by atoms with Gasteiger partial charge < -0.3 is 4.90 Å². The molecule has 1 saturated heterocycles. The lowest BCUT2D eigenvalue weighted by Crippen LogP contribution is -2.46. The average molecular weight is 397 g/mol. The zero-order valence-electron chi connectivity index (χ0n) is 15.6. The summed E-state index contributed by atoms with van der Waals surface area (Å²) in [4.78, 5) is 41.0. The standard InChI is InChI=1S/C22H21ClN2O3/c1-3-12-24(20(26)13-16-6-8-17(23)9-7-16)19-14-21(27)25(22(19)28)18-10-4-15(2)5-11-18/h3-11,19H,1,12-14H2,2H3. The number of amides is 3. The van der Waals surface area contributed by atoms with Crippen molar-refractivity contribution in [3.63, 3.8) is 0 Å². The van der Waals surface area contributed by atoms with Crippen LogP contribution in [-0.4, -0.2) is 35.2 Å². The van der Waals surface area contributed by atoms with Gasteiger partial charge in [0, 0.05) is 11.6 Å². The summed E-state index contributed by atoms with van der Waals surface area (Å²) < 4.78 is 0. The molecule has 144 valence electrons. The molecule has 2 aromatic rings. The monoisotopic (exact) mass is 396 g/mol. The molecule has 0 radical (unpaired) electrons. The van der Waals surface area contributed by atoms with E-state index in [-0.39, 0.29) is 37.1 Å². The fourth-order valence-corrected chi connectivity index (χ4v) is 3.37. The Kier molecular flexibility index (Phi) is 5.95. The van der Waals surface area contributed by atoms with Crippen molar-refractivity contribution in [1.82, 2.24) is 4.90 Å². The van der Waals surface area contributed by atoms with Crippen molar-refractivity contribution in [2.45, 2.75) is 25.8 Å². The van der Waals surface area contributed by atoms with E-state index in [0.29, 0.717) is 10.7 Å². The molecule has 0 N–H and O–H groups in total. The maximum atomic E-state index is 13.0. The number of hydrogen-bond donors (Lipinski definition) is 0. The van der Waals surface area contributed by atoms with Crippen molar-refractivity contribution in [1.29, 1.82) is 0 Å². The molecule has 1 fully saturated rings. The molecule has 3 amide bonds. The molecule has 0 saturated carbocycles. The zero-order chi connectivity index (χ0) is 20.3. The van der Waals surface area contributed by atoms with E-state index in [0.717, 1.165) is 16.0 Å². The topological polar surface area (TPSA) is 57.7 Å². The number of carbonyl (C=O) groups excluding carboxylic acids is 3. The minimum atomic E-state index is -0.827. The number of imide groups is 1. The Morgan fingerprint density at radius 2 is 1.82 bits per heavy atom. The number of hydrogen-bond acceptors (Lipinski definition) is 3. The molecule has 1 aliphatic heterocycles. The first kappa shape index (κ1) is 19.8. The predicted molar refractivity (Wildman–Crippen MR) is 109 cm³/mol. The molecule has 0 aromatic heterocycles. The Morgan fingerprint density at radius 1 is 1.18 bits per heavy atom. The van der Waals surface area contributed by atoms with E-state index in [4.69, 9.17) is 11.6 Å². The van der Waals surface area contributed by atoms with Crippen LogP contribution in [0.1, 0.15) is 17.5 Å². The molecular formula is C22H21ClN2O3. The number of halogens is 1. The molecule has 28 heavy (non-hydrogen) atoms. The van der Waals surface area contributed by atoms with Crippen LogP contribution in [0.25, 0.3) is 0 Å². The first-order valence-electron chi connectivity index (χ1n) is 8.99. The molecule has 0 bridgehead atoms. The van der Waals surface area contributed by atoms with Gasteiger partial charge in [-0.1, -0.05) is 47.5 Å². The van der Waals surface area contributed by atoms with Crippen LogP contribution < -0.4 is 4.90 Å². The van der Waals surface area contributed by atoms with Crippen LogP contribution in [0.5, 0.6) is 0 Å². The van der Waals surface area contributed by atoms with Gasteiger partial charge in [-0.15, -0.1) is 6.58 Å². The van der Waals surface area contributed by atoms with Gasteiger partial charge in [-0.2, -0.15) is 0 Å². The van der Waals surface area contributed by atoms with E-state index in [1.807, 2.05) is 19.1 Å². The second kappa shape index (κ2) is 8.40. The zero-order valence-corrected chi connectivity index (χ0v) is 16.4. The third-order valence-corrected chi connectivity index (χ3v) is 4.96. The van der Waals surface area contributed by atoms with E-state index in [1.54, 1.807) is 42.5 Å². The normalized spacial score (nSPS) is 16.4. The van der Waals surface area contributed by atoms with Gasteiger partial charge in [0.2, 0.25) is 11.8 Å². The highest BCUT2D eigenvalue weighted by Gasteiger charge is 2.43. The molecule has 0 spiro atoms. The Hall–Kier alpha value is -2.92. The maximum Gasteiger partial charge on any atom is 0.257 e. The molecule has 0 aliphatic carbocycles. The summed E-state index contributed by atoms with van der Waals surface area (Å²) in [5.74, 6) is -0.938. The lowest BCUT2D eigenvalue weighted by molar-refractivity contribution is -0.137. The van der Waals surface area contributed by atoms with E-state index < -0.39 is 6.04 Å². The van der Waals surface area contributed by atoms with Gasteiger partial charge in [0.05, 0.1) is 18.5 Å². The van der Waals surface area contributed by atoms with Gasteiger partial charge in [0.1, 0.15) is 6.04 Å². The van der Waals surface area contributed by atoms with Crippen molar-refractivity contribution >= 4 is 35.0 Å². The molecule has 1 aliphatic rings. The van der Waals surface area contributed by atoms with E-state index in [9.17, 15) is 14.4 Å². The maximum absolute atomic E-state index is 13.0. The number of nitrogens with zero attached hydrogens (tertiary/aromatic N) is 2. The summed E-state index contributed by atoms with van der Waals surface area (Å²) in [5.41, 5.74) is 2.34. The third kappa shape index (κ3) is 4.15. The van der Waals surface area contributed by atoms with Gasteiger partial charge in [0.15, 0.2) is 0 Å². The average Bonchev–Trinajstić information content (AvgIpc) is 2.96. The highest BCUT2D eigenvalue weighted by Crippen LogP contribution is 2.26. The lowest BCUT2D eigenvalue weighted by Gasteiger charge is -2.26. The number of anilines is 1. The second-order valence-corrected chi connectivity index (χ2v) is 7.20. The Bertz CT molecular complexity index is 906. The quantitative estimate of drug-likeness (QED) is 0.554. The summed E-state index contributed by atoms with van der Waals surface area (Å²) >= 11 is 5.89. The largest absolute Gasteiger partial charge is 0.326 e. The Balaban J connectivity index is 1.81. The van der Waals surface area contributed by atoms with Crippen LogP contribution in [0.4, 0.5) is 5.69 Å². The van der Waals surface area contributed by atoms with Crippen molar-refractivity contribution in [2.24, 2.45) is 0 Å². The third-order valence-electron chi connectivity index (χ3n) is 4.71. The van der Waals surface area contributed by atoms with E-state index >= 15 is 0 Å². The Labute approximate surface area is 169 Å². The predicted octanol–water partition coefficient (Wildman–Crippen LogP) is 3.54. The van der Waals surface area contributed by atoms with E-state index in [1.165, 1.54) is 4.90 Å². The fraction of sp³-hybridized carbons (Fsp3) is 0.227. The van der Waals surface area contributed by atoms with Crippen molar-refractivity contribution in [3.8, 4) is 0 Å². The molecular weight excluding hydrogens is 376 g/mol. The van der Waals surface area contributed by atoms with E-state index in [2.05, 4.69) is 6.58 Å². The summed E-state index contributed by atoms with van der Waals surface area (Å²) in [6.07, 6.45) is 1.65. The van der Waals surface area contributed by atoms with Crippen LogP contribution in [0.2, 0.25) is 5.02 Å². The Morgan fingerprint density at radius 3 is 2.43 bits per heavy atom. The molecule has 6 heteroatoms. The number of rotatable bonds is 6. The molecule has 5 nitrogen and oxygen atoms in total. The lowest BCUT2D eigenvalue weighted by atomic mass is 10.1. The van der Waals surface area contributed by atoms with Gasteiger partial charge in [0.25, 0.3) is 5.91 Å². The van der Waals surface area contributed by atoms with Crippen molar-refractivity contribution in [3.05, 3.63) is 77.3 Å². The minimum Gasteiger partial charge on any atom is -0.326 e. The minimum absolute atomic E-state index is 0.0348. The fourth-order valence-electron chi connectivity index (χ4n) is 3.24. The summed E-state index contributed by atoms with van der Waals surface area (Å²) in [6, 6.07) is 13.3. The number of aryl methyl sites for hydroxylation is 1. The van der Waals surface area contributed by atoms with Crippen LogP contribution >= 0.6 is 11.6 Å². The first-order chi connectivity index (χ1) is 13.4. The van der Waals surface area contributed by atoms with Crippen molar-refractivity contribution in [2.75, 3.05) is 11.4 Å². The van der Waals surface area contributed by atoms with Gasteiger partial charge in [-0.05, 0) is 36.8 Å². The SMILES string of the molecule is C=CCN(C(=O)Cc1ccc(Cl)cc1)C1CC(=O)N(c2ccc(C)cc2)C1=O. The van der Waals surface area contributed by atoms with Gasteiger partial charge in [-0.25, -0.2) is 4.90 Å². The smallest absolute Gasteiger partial charge is 0.257 e. The van der Waals surface area contributed by atoms with Crippen LogP contribution in [0.15, 0.2) is 61.2 Å². The summed E-state index contributed by atoms with van der Waals surface area (Å²) in [6.45, 7) is 5.81.